The SMILES string of the molecule is C/C(Br)=C/C=C/c1ccccc1. The van der Waals surface area contributed by atoms with Gasteiger partial charge in [0.15, 0.2) is 0 Å². The maximum atomic E-state index is 3.36. The number of benzene rings is 1. The Kier molecular flexibility index (Phi) is 3.81. The molecule has 1 heteroatoms. The summed E-state index contributed by atoms with van der Waals surface area (Å²) < 4.78 is 1.13. The third-order valence-electron chi connectivity index (χ3n) is 1.41. The average Bonchev–Trinajstić information content (AvgIpc) is 2.05. The van der Waals surface area contributed by atoms with Gasteiger partial charge in [-0.05, 0) is 17.0 Å². The van der Waals surface area contributed by atoms with Crippen molar-refractivity contribution in [3.8, 4) is 0 Å². The quantitative estimate of drug-likeness (QED) is 0.664. The van der Waals surface area contributed by atoms with Crippen molar-refractivity contribution in [1.29, 1.82) is 0 Å². The van der Waals surface area contributed by atoms with E-state index in [2.05, 4.69) is 34.1 Å². The molecule has 0 aliphatic heterocycles. The fraction of sp³-hybridized carbons (Fsp3) is 0.0909. The van der Waals surface area contributed by atoms with Gasteiger partial charge in [0.2, 0.25) is 0 Å². The molecule has 12 heavy (non-hydrogen) atoms. The molecule has 0 N–H and O–H groups in total. The molecular formula is C11H11Br. The van der Waals surface area contributed by atoms with E-state index in [9.17, 15) is 0 Å². The molecule has 0 fully saturated rings. The first-order valence-corrected chi connectivity index (χ1v) is 4.64. The van der Waals surface area contributed by atoms with Crippen LogP contribution in [0.3, 0.4) is 0 Å². The molecule has 1 aromatic rings. The van der Waals surface area contributed by atoms with Crippen LogP contribution in [0.15, 0.2) is 47.0 Å². The van der Waals surface area contributed by atoms with Gasteiger partial charge in [-0.15, -0.1) is 0 Å². The van der Waals surface area contributed by atoms with Gasteiger partial charge < -0.3 is 0 Å². The Hall–Kier alpha value is -0.820. The van der Waals surface area contributed by atoms with Crippen LogP contribution < -0.4 is 0 Å². The zero-order valence-electron chi connectivity index (χ0n) is 7.00. The van der Waals surface area contributed by atoms with E-state index in [1.165, 1.54) is 5.56 Å². The van der Waals surface area contributed by atoms with Gasteiger partial charge in [-0.1, -0.05) is 64.5 Å². The van der Waals surface area contributed by atoms with Crippen LogP contribution in [0, 0.1) is 0 Å². The van der Waals surface area contributed by atoms with Crippen LogP contribution >= 0.6 is 15.9 Å². The molecular weight excluding hydrogens is 212 g/mol. The first kappa shape index (κ1) is 9.27. The topological polar surface area (TPSA) is 0 Å². The van der Waals surface area contributed by atoms with Gasteiger partial charge in [-0.2, -0.15) is 0 Å². The summed E-state index contributed by atoms with van der Waals surface area (Å²) >= 11 is 3.36. The molecule has 0 saturated carbocycles. The molecule has 0 radical (unpaired) electrons. The van der Waals surface area contributed by atoms with E-state index in [1.54, 1.807) is 0 Å². The Balaban J connectivity index is 2.64. The average molecular weight is 223 g/mol. The van der Waals surface area contributed by atoms with Crippen LogP contribution in [0.25, 0.3) is 6.08 Å². The van der Waals surface area contributed by atoms with Crippen molar-refractivity contribution >= 4 is 22.0 Å². The summed E-state index contributed by atoms with van der Waals surface area (Å²) in [7, 11) is 0. The Morgan fingerprint density at radius 2 is 1.92 bits per heavy atom. The van der Waals surface area contributed by atoms with Crippen LogP contribution in [0.5, 0.6) is 0 Å². The fourth-order valence-electron chi connectivity index (χ4n) is 0.856. The van der Waals surface area contributed by atoms with Crippen molar-refractivity contribution in [1.82, 2.24) is 0 Å². The van der Waals surface area contributed by atoms with Gasteiger partial charge in [0.25, 0.3) is 0 Å². The van der Waals surface area contributed by atoms with Crippen LogP contribution in [-0.2, 0) is 0 Å². The third kappa shape index (κ3) is 3.54. The molecule has 1 aromatic carbocycles. The van der Waals surface area contributed by atoms with Gasteiger partial charge in [-0.3, -0.25) is 0 Å². The van der Waals surface area contributed by atoms with Gasteiger partial charge in [0.05, 0.1) is 0 Å². The molecule has 0 aromatic heterocycles. The summed E-state index contributed by atoms with van der Waals surface area (Å²) in [6, 6.07) is 10.2. The molecule has 0 nitrogen and oxygen atoms in total. The summed E-state index contributed by atoms with van der Waals surface area (Å²) in [5.74, 6) is 0. The van der Waals surface area contributed by atoms with Crippen LogP contribution in [-0.4, -0.2) is 0 Å². The van der Waals surface area contributed by atoms with Gasteiger partial charge in [0.1, 0.15) is 0 Å². The third-order valence-corrected chi connectivity index (χ3v) is 1.68. The van der Waals surface area contributed by atoms with Crippen molar-refractivity contribution < 1.29 is 0 Å². The van der Waals surface area contributed by atoms with E-state index >= 15 is 0 Å². The summed E-state index contributed by atoms with van der Waals surface area (Å²) in [5, 5.41) is 0. The minimum absolute atomic E-state index is 1.13. The molecule has 1 rings (SSSR count). The first-order chi connectivity index (χ1) is 5.79. The molecule has 0 unspecified atom stereocenters. The maximum absolute atomic E-state index is 3.36. The molecule has 0 aliphatic carbocycles. The van der Waals surface area contributed by atoms with Gasteiger partial charge in [0, 0.05) is 0 Å². The zero-order chi connectivity index (χ0) is 8.81. The molecule has 0 bridgehead atoms. The van der Waals surface area contributed by atoms with Crippen molar-refractivity contribution in [3.05, 3.63) is 52.5 Å². The Morgan fingerprint density at radius 1 is 1.25 bits per heavy atom. The van der Waals surface area contributed by atoms with E-state index in [-0.39, 0.29) is 0 Å². The highest BCUT2D eigenvalue weighted by atomic mass is 79.9. The summed E-state index contributed by atoms with van der Waals surface area (Å²) in [6.45, 7) is 2.01. The normalized spacial score (nSPS) is 12.3. The summed E-state index contributed by atoms with van der Waals surface area (Å²) in [5.41, 5.74) is 1.22. The molecule has 62 valence electrons. The van der Waals surface area contributed by atoms with Crippen molar-refractivity contribution in [3.63, 3.8) is 0 Å². The highest BCUT2D eigenvalue weighted by molar-refractivity contribution is 9.11. The first-order valence-electron chi connectivity index (χ1n) is 3.84. The minimum atomic E-state index is 1.13. The van der Waals surface area contributed by atoms with Gasteiger partial charge >= 0.3 is 0 Å². The maximum Gasteiger partial charge on any atom is -0.00804 e. The molecule has 0 aliphatic rings. The number of rotatable bonds is 2. The highest BCUT2D eigenvalue weighted by Crippen LogP contribution is 2.04. The van der Waals surface area contributed by atoms with Crippen LogP contribution in [0.2, 0.25) is 0 Å². The van der Waals surface area contributed by atoms with Crippen molar-refractivity contribution in [2.75, 3.05) is 0 Å². The molecule has 0 spiro atoms. The van der Waals surface area contributed by atoms with Crippen molar-refractivity contribution in [2.45, 2.75) is 6.92 Å². The lowest BCUT2D eigenvalue weighted by atomic mass is 10.2. The molecule has 0 atom stereocenters. The van der Waals surface area contributed by atoms with Gasteiger partial charge in [-0.25, -0.2) is 0 Å². The van der Waals surface area contributed by atoms with E-state index in [4.69, 9.17) is 0 Å². The number of allylic oxidation sites excluding steroid dienone is 3. The summed E-state index contributed by atoms with van der Waals surface area (Å²) in [6.07, 6.45) is 6.12. The van der Waals surface area contributed by atoms with E-state index in [0.717, 1.165) is 4.48 Å². The standard InChI is InChI=1S/C11H11Br/c1-10(12)6-5-9-11-7-3-2-4-8-11/h2-9H,1H3/b9-5+,10-6-. The Labute approximate surface area is 81.7 Å². The van der Waals surface area contributed by atoms with E-state index in [1.807, 2.05) is 37.3 Å². The second kappa shape index (κ2) is 4.94. The predicted molar refractivity (Wildman–Crippen MR) is 58.2 cm³/mol. The zero-order valence-corrected chi connectivity index (χ0v) is 8.58. The van der Waals surface area contributed by atoms with Crippen molar-refractivity contribution in [2.24, 2.45) is 0 Å². The second-order valence-corrected chi connectivity index (χ2v) is 3.77. The molecule has 0 saturated heterocycles. The lowest BCUT2D eigenvalue weighted by molar-refractivity contribution is 1.65. The summed E-state index contributed by atoms with van der Waals surface area (Å²) in [4.78, 5) is 0. The van der Waals surface area contributed by atoms with E-state index < -0.39 is 0 Å². The van der Waals surface area contributed by atoms with Crippen LogP contribution in [0.1, 0.15) is 12.5 Å². The second-order valence-electron chi connectivity index (χ2n) is 2.52. The highest BCUT2D eigenvalue weighted by Gasteiger charge is 1.80. The Bertz CT molecular complexity index is 279. The number of halogens is 1. The molecule has 0 amide bonds. The van der Waals surface area contributed by atoms with E-state index in [0.29, 0.717) is 0 Å². The number of hydrogen-bond acceptors (Lipinski definition) is 0. The monoisotopic (exact) mass is 222 g/mol. The largest absolute Gasteiger partial charge is 0.0622 e. The number of hydrogen-bond donors (Lipinski definition) is 0. The Morgan fingerprint density at radius 3 is 2.50 bits per heavy atom. The van der Waals surface area contributed by atoms with Crippen LogP contribution in [0.4, 0.5) is 0 Å². The molecule has 0 heterocycles. The lowest BCUT2D eigenvalue weighted by Gasteiger charge is -1.88. The smallest absolute Gasteiger partial charge is 0.00804 e. The predicted octanol–water partition coefficient (Wildman–Crippen LogP) is 4.00. The fourth-order valence-corrected chi connectivity index (χ4v) is 1.01. The lowest BCUT2D eigenvalue weighted by Crippen LogP contribution is -1.66. The minimum Gasteiger partial charge on any atom is -0.0622 e.